The van der Waals surface area contributed by atoms with Crippen LogP contribution in [-0.4, -0.2) is 25.1 Å². The Labute approximate surface area is 114 Å². The summed E-state index contributed by atoms with van der Waals surface area (Å²) in [6.07, 6.45) is 3.63. The van der Waals surface area contributed by atoms with E-state index in [2.05, 4.69) is 23.5 Å². The van der Waals surface area contributed by atoms with Gasteiger partial charge in [0.05, 0.1) is 6.61 Å². The van der Waals surface area contributed by atoms with Gasteiger partial charge in [0.2, 0.25) is 0 Å². The van der Waals surface area contributed by atoms with Crippen LogP contribution in [0.3, 0.4) is 0 Å². The summed E-state index contributed by atoms with van der Waals surface area (Å²) in [5.41, 5.74) is 1.35. The van der Waals surface area contributed by atoms with E-state index >= 15 is 0 Å². The number of hydrogen-bond acceptors (Lipinski definition) is 2. The highest BCUT2D eigenvalue weighted by Gasteiger charge is 2.25. The van der Waals surface area contributed by atoms with Crippen LogP contribution in [0.2, 0.25) is 0 Å². The third kappa shape index (κ3) is 2.65. The highest BCUT2D eigenvalue weighted by Crippen LogP contribution is 2.33. The van der Waals surface area contributed by atoms with E-state index in [1.807, 2.05) is 6.07 Å². The lowest BCUT2D eigenvalue weighted by atomic mass is 10.0. The van der Waals surface area contributed by atoms with Crippen LogP contribution in [0.1, 0.15) is 30.7 Å². The molecule has 1 aliphatic carbocycles. The molecule has 3 atom stereocenters. The summed E-state index contributed by atoms with van der Waals surface area (Å²) < 4.78 is 5.69. The van der Waals surface area contributed by atoms with Crippen molar-refractivity contribution in [1.29, 1.82) is 0 Å². The molecule has 3 unspecified atom stereocenters. The normalized spacial score (nSPS) is 30.2. The van der Waals surface area contributed by atoms with E-state index in [9.17, 15) is 0 Å². The number of rotatable bonds is 4. The minimum Gasteiger partial charge on any atom is -0.493 e. The number of halogens is 1. The Balaban J connectivity index is 1.47. The maximum absolute atomic E-state index is 6.13. The van der Waals surface area contributed by atoms with Crippen LogP contribution in [0.5, 0.6) is 5.75 Å². The van der Waals surface area contributed by atoms with Crippen molar-refractivity contribution in [3.63, 3.8) is 0 Å². The molecule has 0 saturated heterocycles. The molecule has 0 spiro atoms. The molecule has 18 heavy (non-hydrogen) atoms. The van der Waals surface area contributed by atoms with E-state index < -0.39 is 0 Å². The monoisotopic (exact) mass is 265 g/mol. The minimum atomic E-state index is 0.410. The molecule has 0 amide bonds. The summed E-state index contributed by atoms with van der Waals surface area (Å²) in [5, 5.41) is 4.00. The molecular weight excluding hydrogens is 246 g/mol. The van der Waals surface area contributed by atoms with Crippen LogP contribution in [0.15, 0.2) is 24.3 Å². The molecule has 98 valence electrons. The molecule has 0 aromatic heterocycles. The van der Waals surface area contributed by atoms with Crippen LogP contribution in [-0.2, 0) is 0 Å². The predicted octanol–water partition coefficient (Wildman–Crippen LogP) is 3.16. The van der Waals surface area contributed by atoms with E-state index in [0.717, 1.165) is 31.4 Å². The summed E-state index contributed by atoms with van der Waals surface area (Å²) in [6.45, 7) is 2.93. The molecule has 1 saturated carbocycles. The van der Waals surface area contributed by atoms with Gasteiger partial charge < -0.3 is 10.1 Å². The molecule has 3 rings (SSSR count). The molecule has 1 heterocycles. The van der Waals surface area contributed by atoms with Crippen LogP contribution in [0, 0.1) is 5.92 Å². The van der Waals surface area contributed by atoms with Crippen molar-refractivity contribution in [3.8, 4) is 5.75 Å². The molecular formula is C15H20ClNO. The third-order valence-electron chi connectivity index (χ3n) is 4.10. The number of alkyl halides is 1. The minimum absolute atomic E-state index is 0.410. The lowest BCUT2D eigenvalue weighted by Crippen LogP contribution is -2.27. The average Bonchev–Trinajstić information content (AvgIpc) is 2.97. The molecule has 1 fully saturated rings. The van der Waals surface area contributed by atoms with Gasteiger partial charge in [-0.1, -0.05) is 18.2 Å². The molecule has 2 nitrogen and oxygen atoms in total. The Hall–Kier alpha value is -0.730. The van der Waals surface area contributed by atoms with Crippen LogP contribution < -0.4 is 10.1 Å². The first-order valence-electron chi connectivity index (χ1n) is 6.89. The lowest BCUT2D eigenvalue weighted by Gasteiger charge is -2.14. The molecule has 1 aromatic rings. The topological polar surface area (TPSA) is 21.3 Å². The lowest BCUT2D eigenvalue weighted by molar-refractivity contribution is 0.323. The summed E-state index contributed by atoms with van der Waals surface area (Å²) in [5.74, 6) is 2.34. The maximum Gasteiger partial charge on any atom is 0.122 e. The number of ether oxygens (including phenoxy) is 1. The van der Waals surface area contributed by atoms with Crippen molar-refractivity contribution >= 4 is 11.6 Å². The van der Waals surface area contributed by atoms with Gasteiger partial charge >= 0.3 is 0 Å². The second-order valence-electron chi connectivity index (χ2n) is 5.48. The second kappa shape index (κ2) is 5.50. The van der Waals surface area contributed by atoms with Gasteiger partial charge in [-0.05, 0) is 37.8 Å². The summed E-state index contributed by atoms with van der Waals surface area (Å²) >= 11 is 6.13. The fourth-order valence-corrected chi connectivity index (χ4v) is 3.44. The SMILES string of the molecule is ClC1CCC(CNCC2COc3ccccc32)C1. The Morgan fingerprint density at radius 1 is 1.22 bits per heavy atom. The summed E-state index contributed by atoms with van der Waals surface area (Å²) in [7, 11) is 0. The van der Waals surface area contributed by atoms with Crippen LogP contribution in [0.25, 0.3) is 0 Å². The third-order valence-corrected chi connectivity index (χ3v) is 4.50. The first kappa shape index (κ1) is 12.3. The van der Waals surface area contributed by atoms with Crippen molar-refractivity contribution in [1.82, 2.24) is 5.32 Å². The van der Waals surface area contributed by atoms with E-state index in [4.69, 9.17) is 16.3 Å². The first-order valence-corrected chi connectivity index (χ1v) is 7.33. The van der Waals surface area contributed by atoms with E-state index in [1.165, 1.54) is 24.8 Å². The average molecular weight is 266 g/mol. The predicted molar refractivity (Wildman–Crippen MR) is 74.5 cm³/mol. The van der Waals surface area contributed by atoms with Gasteiger partial charge in [-0.2, -0.15) is 0 Å². The van der Waals surface area contributed by atoms with Gasteiger partial charge in [-0.3, -0.25) is 0 Å². The van der Waals surface area contributed by atoms with Gasteiger partial charge in [0.25, 0.3) is 0 Å². The molecule has 1 aromatic carbocycles. The largest absolute Gasteiger partial charge is 0.493 e. The Bertz CT molecular complexity index is 409. The van der Waals surface area contributed by atoms with Crippen molar-refractivity contribution in [2.45, 2.75) is 30.6 Å². The highest BCUT2D eigenvalue weighted by atomic mass is 35.5. The smallest absolute Gasteiger partial charge is 0.122 e. The van der Waals surface area contributed by atoms with Gasteiger partial charge in [0, 0.05) is 23.4 Å². The molecule has 0 bridgehead atoms. The number of para-hydroxylation sites is 1. The van der Waals surface area contributed by atoms with Crippen LogP contribution >= 0.6 is 11.6 Å². The van der Waals surface area contributed by atoms with E-state index in [0.29, 0.717) is 11.3 Å². The number of benzene rings is 1. The Morgan fingerprint density at radius 3 is 2.94 bits per heavy atom. The van der Waals surface area contributed by atoms with Crippen molar-refractivity contribution in [2.75, 3.05) is 19.7 Å². The van der Waals surface area contributed by atoms with Crippen molar-refractivity contribution < 1.29 is 4.74 Å². The van der Waals surface area contributed by atoms with Crippen molar-refractivity contribution in [3.05, 3.63) is 29.8 Å². The number of hydrogen-bond donors (Lipinski definition) is 1. The molecule has 3 heteroatoms. The van der Waals surface area contributed by atoms with Crippen molar-refractivity contribution in [2.24, 2.45) is 5.92 Å². The van der Waals surface area contributed by atoms with E-state index in [1.54, 1.807) is 0 Å². The number of nitrogens with one attached hydrogen (secondary N) is 1. The van der Waals surface area contributed by atoms with Gasteiger partial charge in [0.15, 0.2) is 0 Å². The fraction of sp³-hybridized carbons (Fsp3) is 0.600. The molecule has 1 N–H and O–H groups in total. The maximum atomic E-state index is 6.13. The Kier molecular flexibility index (Phi) is 3.76. The van der Waals surface area contributed by atoms with Gasteiger partial charge in [-0.25, -0.2) is 0 Å². The molecule has 2 aliphatic rings. The fourth-order valence-electron chi connectivity index (χ4n) is 3.06. The molecule has 1 aliphatic heterocycles. The second-order valence-corrected chi connectivity index (χ2v) is 6.10. The standard InChI is InChI=1S/C15H20ClNO/c16-13-6-5-11(7-13)8-17-9-12-10-18-15-4-2-1-3-14(12)15/h1-4,11-13,17H,5-10H2. The summed E-state index contributed by atoms with van der Waals surface area (Å²) in [4.78, 5) is 0. The quantitative estimate of drug-likeness (QED) is 0.845. The highest BCUT2D eigenvalue weighted by molar-refractivity contribution is 6.20. The zero-order chi connectivity index (χ0) is 12.4. The Morgan fingerprint density at radius 2 is 2.11 bits per heavy atom. The number of fused-ring (bicyclic) bond motifs is 1. The van der Waals surface area contributed by atoms with E-state index in [-0.39, 0.29) is 0 Å². The van der Waals surface area contributed by atoms with Gasteiger partial charge in [-0.15, -0.1) is 11.6 Å². The van der Waals surface area contributed by atoms with Crippen LogP contribution in [0.4, 0.5) is 0 Å². The first-order chi connectivity index (χ1) is 8.83. The zero-order valence-electron chi connectivity index (χ0n) is 10.6. The molecule has 0 radical (unpaired) electrons. The van der Waals surface area contributed by atoms with Gasteiger partial charge in [0.1, 0.15) is 5.75 Å². The summed E-state index contributed by atoms with van der Waals surface area (Å²) in [6, 6.07) is 8.37. The zero-order valence-corrected chi connectivity index (χ0v) is 11.3.